The maximum atomic E-state index is 2.50. The van der Waals surface area contributed by atoms with Gasteiger partial charge in [-0.25, -0.2) is 0 Å². The molecule has 10 aromatic carbocycles. The van der Waals surface area contributed by atoms with Crippen LogP contribution in [0.2, 0.25) is 0 Å². The van der Waals surface area contributed by atoms with E-state index in [1.165, 1.54) is 124 Å². The molecule has 2 heteroatoms. The molecule has 0 bridgehead atoms. The third kappa shape index (κ3) is 4.61. The molecule has 0 aliphatic heterocycles. The zero-order valence-corrected chi connectivity index (χ0v) is 33.6. The Morgan fingerprint density at radius 3 is 1.58 bits per heavy atom. The van der Waals surface area contributed by atoms with E-state index in [4.69, 9.17) is 0 Å². The minimum Gasteiger partial charge on any atom is -0.309 e. The number of aromatic nitrogens is 1. The molecule has 59 heavy (non-hydrogen) atoms. The maximum absolute atomic E-state index is 2.50. The van der Waals surface area contributed by atoms with Crippen molar-refractivity contribution < 1.29 is 0 Å². The number of hydrogen-bond acceptors (Lipinski definition) is 1. The Labute approximate surface area is 346 Å². The van der Waals surface area contributed by atoms with Gasteiger partial charge in [0, 0.05) is 42.0 Å². The van der Waals surface area contributed by atoms with E-state index in [0.29, 0.717) is 0 Å². The summed E-state index contributed by atoms with van der Waals surface area (Å²) in [5.41, 5.74) is 13.9. The fourth-order valence-electron chi connectivity index (χ4n) is 10.6. The van der Waals surface area contributed by atoms with Gasteiger partial charge in [-0.2, -0.15) is 0 Å². The molecule has 0 radical (unpaired) electrons. The summed E-state index contributed by atoms with van der Waals surface area (Å²) >= 11 is 1.91. The summed E-state index contributed by atoms with van der Waals surface area (Å²) in [6, 6.07) is 70.5. The van der Waals surface area contributed by atoms with Gasteiger partial charge in [0.2, 0.25) is 0 Å². The first-order valence-electron chi connectivity index (χ1n) is 20.6. The first-order valence-corrected chi connectivity index (χ1v) is 21.4. The predicted octanol–water partition coefficient (Wildman–Crippen LogP) is 16.3. The highest BCUT2D eigenvalue weighted by Gasteiger charge is 2.38. The number of fused-ring (bicyclic) bond motifs is 16. The fourth-order valence-corrected chi connectivity index (χ4v) is 11.7. The van der Waals surface area contributed by atoms with Gasteiger partial charge in [0.25, 0.3) is 0 Å². The van der Waals surface area contributed by atoms with Gasteiger partial charge < -0.3 is 4.57 Å². The zero-order valence-electron chi connectivity index (χ0n) is 32.8. The SMILES string of the molecule is CC1(C)c2cc(-n3c4ccc(-c5ccccc5)cc4c4cc(-c5ccc6c7ccccc7c7ccccc7c6c5)ccc43)ccc2-c2ccc3sc4ccccc4c3c21. The van der Waals surface area contributed by atoms with Crippen LogP contribution >= 0.6 is 11.3 Å². The van der Waals surface area contributed by atoms with Gasteiger partial charge in [-0.05, 0) is 131 Å². The third-order valence-electron chi connectivity index (χ3n) is 13.3. The summed E-state index contributed by atoms with van der Waals surface area (Å²) in [6.07, 6.45) is 0. The molecule has 0 fully saturated rings. The lowest BCUT2D eigenvalue weighted by Crippen LogP contribution is -2.15. The van der Waals surface area contributed by atoms with E-state index in [1.807, 2.05) is 11.3 Å². The summed E-state index contributed by atoms with van der Waals surface area (Å²) in [5.74, 6) is 0. The van der Waals surface area contributed by atoms with Gasteiger partial charge >= 0.3 is 0 Å². The molecule has 2 aromatic heterocycles. The van der Waals surface area contributed by atoms with Crippen LogP contribution in [-0.2, 0) is 5.41 Å². The topological polar surface area (TPSA) is 4.93 Å². The standard InChI is InChI=1S/C57H37NS/c1-57(2)50-33-38(23-25-44(50)45-26-29-54-55(56(45)57)46-18-10-11-19-53(46)59-54)58-51-27-21-35(34-12-4-3-5-13-34)31-48(51)49-32-37(22-28-52(49)58)36-20-24-43-41-16-7-6-14-39(41)40-15-8-9-17-42(40)47(43)30-36/h3-33H,1-2H3. The molecule has 0 spiro atoms. The van der Waals surface area contributed by atoms with E-state index in [-0.39, 0.29) is 5.41 Å². The van der Waals surface area contributed by atoms with Crippen LogP contribution in [0.15, 0.2) is 188 Å². The van der Waals surface area contributed by atoms with E-state index in [1.54, 1.807) is 0 Å². The lowest BCUT2D eigenvalue weighted by atomic mass is 9.80. The summed E-state index contributed by atoms with van der Waals surface area (Å²) in [7, 11) is 0. The van der Waals surface area contributed by atoms with Gasteiger partial charge in [0.05, 0.1) is 11.0 Å². The molecule has 2 heterocycles. The maximum Gasteiger partial charge on any atom is 0.0541 e. The second kappa shape index (κ2) is 12.0. The number of benzene rings is 10. The Hall–Kier alpha value is -7.00. The van der Waals surface area contributed by atoms with Crippen LogP contribution in [0.1, 0.15) is 25.0 Å². The number of hydrogen-bond donors (Lipinski definition) is 0. The molecule has 0 unspecified atom stereocenters. The molecular formula is C57H37NS. The molecule has 1 aliphatic carbocycles. The van der Waals surface area contributed by atoms with Crippen molar-refractivity contribution in [2.45, 2.75) is 19.3 Å². The number of thiophene rings is 1. The minimum absolute atomic E-state index is 0.165. The highest BCUT2D eigenvalue weighted by atomic mass is 32.1. The molecule has 12 aromatic rings. The smallest absolute Gasteiger partial charge is 0.0541 e. The van der Waals surface area contributed by atoms with Crippen LogP contribution < -0.4 is 0 Å². The fraction of sp³-hybridized carbons (Fsp3) is 0.0526. The largest absolute Gasteiger partial charge is 0.309 e. The van der Waals surface area contributed by atoms with Gasteiger partial charge in [-0.15, -0.1) is 11.3 Å². The average molecular weight is 768 g/mol. The van der Waals surface area contributed by atoms with Gasteiger partial charge in [-0.1, -0.05) is 147 Å². The Bertz CT molecular complexity index is 3710. The van der Waals surface area contributed by atoms with Crippen molar-refractivity contribution >= 4 is 85.6 Å². The van der Waals surface area contributed by atoms with Crippen molar-refractivity contribution in [3.8, 4) is 39.1 Å². The minimum atomic E-state index is -0.165. The van der Waals surface area contributed by atoms with Crippen molar-refractivity contribution in [2.24, 2.45) is 0 Å². The van der Waals surface area contributed by atoms with Crippen molar-refractivity contribution in [1.29, 1.82) is 0 Å². The summed E-state index contributed by atoms with van der Waals surface area (Å²) in [6.45, 7) is 4.85. The molecule has 1 aliphatic rings. The number of nitrogens with zero attached hydrogens (tertiary/aromatic N) is 1. The highest BCUT2D eigenvalue weighted by molar-refractivity contribution is 7.25. The number of rotatable bonds is 3. The van der Waals surface area contributed by atoms with E-state index < -0.39 is 0 Å². The van der Waals surface area contributed by atoms with Crippen molar-refractivity contribution in [1.82, 2.24) is 4.57 Å². The Kier molecular flexibility index (Phi) is 6.73. The molecule has 1 nitrogen and oxygen atoms in total. The molecule has 0 N–H and O–H groups in total. The Balaban J connectivity index is 1.03. The monoisotopic (exact) mass is 767 g/mol. The summed E-state index contributed by atoms with van der Waals surface area (Å²) in [4.78, 5) is 0. The molecule has 13 rings (SSSR count). The van der Waals surface area contributed by atoms with Crippen LogP contribution in [-0.4, -0.2) is 4.57 Å². The Morgan fingerprint density at radius 1 is 0.373 bits per heavy atom. The molecule has 0 saturated carbocycles. The Morgan fingerprint density at radius 2 is 0.898 bits per heavy atom. The van der Waals surface area contributed by atoms with E-state index in [0.717, 1.165) is 0 Å². The third-order valence-corrected chi connectivity index (χ3v) is 14.5. The summed E-state index contributed by atoms with van der Waals surface area (Å²) < 4.78 is 5.22. The van der Waals surface area contributed by atoms with E-state index in [9.17, 15) is 0 Å². The highest BCUT2D eigenvalue weighted by Crippen LogP contribution is 2.54. The van der Waals surface area contributed by atoms with Crippen LogP contribution in [0, 0.1) is 0 Å². The van der Waals surface area contributed by atoms with Gasteiger partial charge in [0.15, 0.2) is 0 Å². The van der Waals surface area contributed by atoms with Crippen LogP contribution in [0.25, 0.3) is 113 Å². The molecule has 0 saturated heterocycles. The van der Waals surface area contributed by atoms with E-state index in [2.05, 4.69) is 206 Å². The lowest BCUT2D eigenvalue weighted by Gasteiger charge is -2.23. The zero-order chi connectivity index (χ0) is 39.0. The first kappa shape index (κ1) is 33.0. The van der Waals surface area contributed by atoms with Crippen LogP contribution in [0.4, 0.5) is 0 Å². The van der Waals surface area contributed by atoms with E-state index >= 15 is 0 Å². The lowest BCUT2D eigenvalue weighted by molar-refractivity contribution is 0.666. The van der Waals surface area contributed by atoms with Crippen molar-refractivity contribution in [2.75, 3.05) is 0 Å². The molecule has 0 atom stereocenters. The molecular weight excluding hydrogens is 731 g/mol. The quantitative estimate of drug-likeness (QED) is 0.158. The second-order valence-corrected chi connectivity index (χ2v) is 17.9. The first-order chi connectivity index (χ1) is 29.0. The molecule has 276 valence electrons. The van der Waals surface area contributed by atoms with Crippen LogP contribution in [0.3, 0.4) is 0 Å². The molecule has 0 amide bonds. The average Bonchev–Trinajstić information content (AvgIpc) is 3.91. The second-order valence-electron chi connectivity index (χ2n) is 16.8. The van der Waals surface area contributed by atoms with Gasteiger partial charge in [-0.3, -0.25) is 0 Å². The normalized spacial score (nSPS) is 13.4. The van der Waals surface area contributed by atoms with Crippen LogP contribution in [0.5, 0.6) is 0 Å². The van der Waals surface area contributed by atoms with Crippen molar-refractivity contribution in [3.63, 3.8) is 0 Å². The van der Waals surface area contributed by atoms with Crippen molar-refractivity contribution in [3.05, 3.63) is 199 Å². The summed E-state index contributed by atoms with van der Waals surface area (Å²) in [5, 5.41) is 13.1. The van der Waals surface area contributed by atoms with Gasteiger partial charge in [0.1, 0.15) is 0 Å². The predicted molar refractivity (Wildman–Crippen MR) is 255 cm³/mol.